The van der Waals surface area contributed by atoms with Crippen molar-refractivity contribution in [3.8, 4) is 28.4 Å². The number of imide groups is 1. The molecule has 0 saturated carbocycles. The van der Waals surface area contributed by atoms with Gasteiger partial charge in [-0.3, -0.25) is 14.9 Å². The summed E-state index contributed by atoms with van der Waals surface area (Å²) in [6, 6.07) is 23.0. The van der Waals surface area contributed by atoms with Crippen molar-refractivity contribution in [1.29, 1.82) is 0 Å². The van der Waals surface area contributed by atoms with E-state index in [-0.39, 0.29) is 11.1 Å². The Kier molecular flexibility index (Phi) is 5.35. The van der Waals surface area contributed by atoms with Gasteiger partial charge in [0.05, 0.1) is 12.0 Å². The average molecular weight is 403 g/mol. The molecular formula is C23H17NO4S. The summed E-state index contributed by atoms with van der Waals surface area (Å²) in [4.78, 5) is 23.3. The van der Waals surface area contributed by atoms with E-state index in [1.54, 1.807) is 13.2 Å². The van der Waals surface area contributed by atoms with Crippen molar-refractivity contribution in [2.24, 2.45) is 0 Å². The molecule has 0 radical (unpaired) electrons. The second kappa shape index (κ2) is 8.24. The van der Waals surface area contributed by atoms with Gasteiger partial charge in [0.15, 0.2) is 0 Å². The number of carbonyl (C=O) groups excluding carboxylic acids is 2. The largest absolute Gasteiger partial charge is 0.497 e. The lowest BCUT2D eigenvalue weighted by Gasteiger charge is -2.09. The number of benzene rings is 3. The minimum absolute atomic E-state index is 0.349. The standard InChI is InChI=1S/C23H17NO4S/c1-27-18-11-7-16(8-12-18)17-3-2-4-20(14-17)28-19-9-5-15(6-10-19)13-21-22(25)24-23(26)29-21/h2-14H,1H3,(H,24,25,26)/b21-13-. The fourth-order valence-corrected chi connectivity index (χ4v) is 3.55. The summed E-state index contributed by atoms with van der Waals surface area (Å²) in [6.45, 7) is 0. The molecule has 29 heavy (non-hydrogen) atoms. The highest BCUT2D eigenvalue weighted by Gasteiger charge is 2.24. The Morgan fingerprint density at radius 3 is 2.21 bits per heavy atom. The molecule has 144 valence electrons. The van der Waals surface area contributed by atoms with Crippen molar-refractivity contribution in [1.82, 2.24) is 5.32 Å². The van der Waals surface area contributed by atoms with Crippen LogP contribution in [0.25, 0.3) is 17.2 Å². The predicted molar refractivity (Wildman–Crippen MR) is 114 cm³/mol. The second-order valence-corrected chi connectivity index (χ2v) is 7.29. The Labute approximate surface area is 172 Å². The molecule has 0 spiro atoms. The predicted octanol–water partition coefficient (Wildman–Crippen LogP) is 5.48. The van der Waals surface area contributed by atoms with Crippen molar-refractivity contribution < 1.29 is 19.1 Å². The molecule has 1 fully saturated rings. The molecule has 6 heteroatoms. The van der Waals surface area contributed by atoms with E-state index in [9.17, 15) is 9.59 Å². The number of nitrogens with one attached hydrogen (secondary N) is 1. The summed E-state index contributed by atoms with van der Waals surface area (Å²) >= 11 is 0.899. The van der Waals surface area contributed by atoms with E-state index >= 15 is 0 Å². The number of carbonyl (C=O) groups is 2. The van der Waals surface area contributed by atoms with E-state index in [1.165, 1.54) is 0 Å². The van der Waals surface area contributed by atoms with Crippen LogP contribution in [0.15, 0.2) is 77.7 Å². The fraction of sp³-hybridized carbons (Fsp3) is 0.0435. The molecule has 1 heterocycles. The number of rotatable bonds is 5. The normalized spacial score (nSPS) is 14.7. The van der Waals surface area contributed by atoms with Crippen LogP contribution < -0.4 is 14.8 Å². The van der Waals surface area contributed by atoms with Gasteiger partial charge >= 0.3 is 0 Å². The van der Waals surface area contributed by atoms with Gasteiger partial charge in [-0.05, 0) is 70.9 Å². The van der Waals surface area contributed by atoms with E-state index in [0.29, 0.717) is 10.7 Å². The van der Waals surface area contributed by atoms with Crippen LogP contribution in [-0.4, -0.2) is 18.3 Å². The number of methoxy groups -OCH3 is 1. The van der Waals surface area contributed by atoms with E-state index in [4.69, 9.17) is 9.47 Å². The maximum Gasteiger partial charge on any atom is 0.290 e. The molecule has 0 unspecified atom stereocenters. The molecule has 3 aromatic rings. The van der Waals surface area contributed by atoms with Gasteiger partial charge in [-0.2, -0.15) is 0 Å². The zero-order valence-electron chi connectivity index (χ0n) is 15.5. The first-order valence-electron chi connectivity index (χ1n) is 8.88. The highest BCUT2D eigenvalue weighted by atomic mass is 32.2. The third-order valence-corrected chi connectivity index (χ3v) is 5.12. The topological polar surface area (TPSA) is 64.6 Å². The lowest BCUT2D eigenvalue weighted by Crippen LogP contribution is -2.17. The Bertz CT molecular complexity index is 1090. The third-order valence-electron chi connectivity index (χ3n) is 4.31. The van der Waals surface area contributed by atoms with Gasteiger partial charge in [0.2, 0.25) is 0 Å². The minimum atomic E-state index is -0.365. The average Bonchev–Trinajstić information content (AvgIpc) is 3.06. The van der Waals surface area contributed by atoms with Crippen LogP contribution in [0.4, 0.5) is 4.79 Å². The van der Waals surface area contributed by atoms with Gasteiger partial charge in [-0.25, -0.2) is 0 Å². The van der Waals surface area contributed by atoms with Crippen LogP contribution in [0, 0.1) is 0 Å². The molecule has 5 nitrogen and oxygen atoms in total. The Balaban J connectivity index is 1.48. The number of thioether (sulfide) groups is 1. The second-order valence-electron chi connectivity index (χ2n) is 6.28. The maximum absolute atomic E-state index is 11.6. The van der Waals surface area contributed by atoms with Crippen molar-refractivity contribution in [2.75, 3.05) is 7.11 Å². The Hall–Kier alpha value is -3.51. The molecular weight excluding hydrogens is 386 g/mol. The summed E-state index contributed by atoms with van der Waals surface area (Å²) in [5, 5.41) is 1.89. The quantitative estimate of drug-likeness (QED) is 0.572. The minimum Gasteiger partial charge on any atom is -0.497 e. The summed E-state index contributed by atoms with van der Waals surface area (Å²) in [5.74, 6) is 1.85. The summed E-state index contributed by atoms with van der Waals surface area (Å²) in [6.07, 6.45) is 1.68. The first kappa shape index (κ1) is 18.8. The van der Waals surface area contributed by atoms with Crippen LogP contribution in [0.5, 0.6) is 17.2 Å². The fourth-order valence-electron chi connectivity index (χ4n) is 2.86. The molecule has 0 aromatic heterocycles. The van der Waals surface area contributed by atoms with E-state index in [0.717, 1.165) is 40.0 Å². The van der Waals surface area contributed by atoms with E-state index in [1.807, 2.05) is 72.8 Å². The Morgan fingerprint density at radius 1 is 0.828 bits per heavy atom. The van der Waals surface area contributed by atoms with Crippen LogP contribution >= 0.6 is 11.8 Å². The molecule has 1 aliphatic rings. The van der Waals surface area contributed by atoms with Gasteiger partial charge in [-0.15, -0.1) is 0 Å². The van der Waals surface area contributed by atoms with Crippen LogP contribution in [-0.2, 0) is 4.79 Å². The van der Waals surface area contributed by atoms with E-state index in [2.05, 4.69) is 5.32 Å². The molecule has 1 aliphatic heterocycles. The van der Waals surface area contributed by atoms with Crippen molar-refractivity contribution in [3.05, 3.63) is 83.3 Å². The number of hydrogen-bond donors (Lipinski definition) is 1. The first-order valence-corrected chi connectivity index (χ1v) is 9.70. The summed E-state index contributed by atoms with van der Waals surface area (Å²) in [5.41, 5.74) is 2.93. The van der Waals surface area contributed by atoms with Crippen LogP contribution in [0.3, 0.4) is 0 Å². The highest BCUT2D eigenvalue weighted by Crippen LogP contribution is 2.30. The van der Waals surface area contributed by atoms with E-state index < -0.39 is 0 Å². The van der Waals surface area contributed by atoms with Gasteiger partial charge in [0.1, 0.15) is 17.2 Å². The van der Waals surface area contributed by atoms with Crippen molar-refractivity contribution >= 4 is 29.0 Å². The molecule has 0 bridgehead atoms. The Morgan fingerprint density at radius 2 is 1.55 bits per heavy atom. The summed E-state index contributed by atoms with van der Waals surface area (Å²) < 4.78 is 11.2. The van der Waals surface area contributed by atoms with Crippen molar-refractivity contribution in [2.45, 2.75) is 0 Å². The lowest BCUT2D eigenvalue weighted by atomic mass is 10.1. The van der Waals surface area contributed by atoms with Gasteiger partial charge in [0, 0.05) is 0 Å². The molecule has 0 atom stereocenters. The number of hydrogen-bond acceptors (Lipinski definition) is 5. The molecule has 4 rings (SSSR count). The maximum atomic E-state index is 11.6. The van der Waals surface area contributed by atoms with Crippen LogP contribution in [0.2, 0.25) is 0 Å². The smallest absolute Gasteiger partial charge is 0.290 e. The monoisotopic (exact) mass is 403 g/mol. The summed E-state index contributed by atoms with van der Waals surface area (Å²) in [7, 11) is 1.64. The van der Waals surface area contributed by atoms with Gasteiger partial charge in [-0.1, -0.05) is 36.4 Å². The van der Waals surface area contributed by atoms with Gasteiger partial charge in [0.25, 0.3) is 11.1 Å². The van der Waals surface area contributed by atoms with Crippen molar-refractivity contribution in [3.63, 3.8) is 0 Å². The zero-order valence-corrected chi connectivity index (χ0v) is 16.4. The molecule has 1 N–H and O–H groups in total. The first-order chi connectivity index (χ1) is 14.1. The third kappa shape index (κ3) is 4.50. The molecule has 2 amide bonds. The molecule has 1 saturated heterocycles. The molecule has 3 aromatic carbocycles. The van der Waals surface area contributed by atoms with Crippen LogP contribution in [0.1, 0.15) is 5.56 Å². The number of ether oxygens (including phenoxy) is 2. The van der Waals surface area contributed by atoms with Gasteiger partial charge < -0.3 is 9.47 Å². The molecule has 0 aliphatic carbocycles. The SMILES string of the molecule is COc1ccc(-c2cccc(Oc3ccc(/C=C4\SC(=O)NC4=O)cc3)c2)cc1. The lowest BCUT2D eigenvalue weighted by molar-refractivity contribution is -0.115. The zero-order chi connectivity index (χ0) is 20.2. The number of amides is 2. The highest BCUT2D eigenvalue weighted by molar-refractivity contribution is 8.18.